The van der Waals surface area contributed by atoms with Crippen LogP contribution >= 0.6 is 0 Å². The number of allylic oxidation sites excluding steroid dienone is 2. The summed E-state index contributed by atoms with van der Waals surface area (Å²) in [5, 5.41) is 14.6. The number of nitro groups is 1. The van der Waals surface area contributed by atoms with Crippen molar-refractivity contribution < 1.29 is 38.3 Å². The standard InChI is InChI=1S/C34H42N4O9/c1-21-30(33(40)46-6)32(24-9-7-10-26(17-24)38(42)43)31(22(2)35-21)34(41)47-16-15-36(3)12-8-13-37-14-11-23-18-27(44-4)28(45-5)19-25(23)20-29(37)39/h7,9-10,17-19,32,35H,8,11-16,20H2,1-6H3. The summed E-state index contributed by atoms with van der Waals surface area (Å²) < 4.78 is 21.5. The SMILES string of the molecule is COC(=O)C1=C(C)NC(C)=C(C(=O)OCCN(C)CCCN2CCc3cc(OC)c(OC)cc3CC2=O)C1c1cccc([N+](=O)[O-])c1. The number of carbonyl (C=O) groups excluding carboxylic acids is 3. The lowest BCUT2D eigenvalue weighted by Crippen LogP contribution is -2.35. The quantitative estimate of drug-likeness (QED) is 0.193. The van der Waals surface area contributed by atoms with Crippen LogP contribution < -0.4 is 14.8 Å². The van der Waals surface area contributed by atoms with Crippen LogP contribution in [0.5, 0.6) is 11.5 Å². The zero-order chi connectivity index (χ0) is 34.2. The first-order valence-corrected chi connectivity index (χ1v) is 15.4. The summed E-state index contributed by atoms with van der Waals surface area (Å²) in [7, 11) is 6.32. The van der Waals surface area contributed by atoms with Crippen molar-refractivity contribution in [3.05, 3.63) is 85.7 Å². The number of benzene rings is 2. The highest BCUT2D eigenvalue weighted by atomic mass is 16.6. The average molecular weight is 651 g/mol. The lowest BCUT2D eigenvalue weighted by atomic mass is 9.80. The smallest absolute Gasteiger partial charge is 0.336 e. The molecule has 1 atom stereocenters. The first-order chi connectivity index (χ1) is 22.5. The molecule has 0 saturated heterocycles. The van der Waals surface area contributed by atoms with Crippen molar-refractivity contribution in [3.8, 4) is 11.5 Å². The molecule has 13 nitrogen and oxygen atoms in total. The molecule has 2 heterocycles. The Labute approximate surface area is 274 Å². The van der Waals surface area contributed by atoms with Gasteiger partial charge >= 0.3 is 11.9 Å². The van der Waals surface area contributed by atoms with Crippen molar-refractivity contribution in [2.45, 2.75) is 39.0 Å². The highest BCUT2D eigenvalue weighted by molar-refractivity contribution is 5.99. The van der Waals surface area contributed by atoms with Gasteiger partial charge in [-0.05, 0) is 69.1 Å². The first kappa shape index (κ1) is 35.0. The van der Waals surface area contributed by atoms with E-state index in [4.69, 9.17) is 18.9 Å². The molecule has 0 aromatic heterocycles. The van der Waals surface area contributed by atoms with E-state index in [9.17, 15) is 24.5 Å². The van der Waals surface area contributed by atoms with E-state index in [0.29, 0.717) is 61.1 Å². The van der Waals surface area contributed by atoms with E-state index >= 15 is 0 Å². The number of methoxy groups -OCH3 is 3. The van der Waals surface area contributed by atoms with Crippen LogP contribution in [-0.4, -0.2) is 93.7 Å². The maximum atomic E-state index is 13.5. The molecule has 2 aromatic carbocycles. The lowest BCUT2D eigenvalue weighted by molar-refractivity contribution is -0.384. The Kier molecular flexibility index (Phi) is 11.6. The van der Waals surface area contributed by atoms with Gasteiger partial charge < -0.3 is 34.1 Å². The topological polar surface area (TPSA) is 150 Å². The van der Waals surface area contributed by atoms with Crippen molar-refractivity contribution >= 4 is 23.5 Å². The number of esters is 2. The predicted molar refractivity (Wildman–Crippen MR) is 173 cm³/mol. The number of likely N-dealkylation sites (N-methyl/N-ethyl adjacent to an activating group) is 1. The summed E-state index contributed by atoms with van der Waals surface area (Å²) in [4.78, 5) is 54.2. The van der Waals surface area contributed by atoms with Gasteiger partial charge in [0.05, 0.1) is 49.7 Å². The average Bonchev–Trinajstić information content (AvgIpc) is 3.20. The molecule has 0 aliphatic carbocycles. The third-order valence-corrected chi connectivity index (χ3v) is 8.53. The van der Waals surface area contributed by atoms with Gasteiger partial charge in [-0.1, -0.05) is 12.1 Å². The van der Waals surface area contributed by atoms with Crippen molar-refractivity contribution in [1.82, 2.24) is 15.1 Å². The Morgan fingerprint density at radius 3 is 2.30 bits per heavy atom. The van der Waals surface area contributed by atoms with Crippen LogP contribution in [0.2, 0.25) is 0 Å². The molecule has 252 valence electrons. The minimum atomic E-state index is -0.923. The number of hydrogen-bond acceptors (Lipinski definition) is 11. The van der Waals surface area contributed by atoms with Crippen LogP contribution in [0.3, 0.4) is 0 Å². The molecule has 1 unspecified atom stereocenters. The van der Waals surface area contributed by atoms with Gasteiger partial charge in [-0.15, -0.1) is 0 Å². The number of hydrogen-bond donors (Lipinski definition) is 1. The number of dihydropyridines is 1. The Morgan fingerprint density at radius 1 is 1.00 bits per heavy atom. The van der Waals surface area contributed by atoms with Crippen LogP contribution in [0.25, 0.3) is 0 Å². The van der Waals surface area contributed by atoms with Crippen LogP contribution in [0, 0.1) is 10.1 Å². The second-order valence-corrected chi connectivity index (χ2v) is 11.6. The molecular weight excluding hydrogens is 608 g/mol. The molecule has 0 saturated carbocycles. The summed E-state index contributed by atoms with van der Waals surface area (Å²) in [6.45, 7) is 5.76. The van der Waals surface area contributed by atoms with E-state index in [1.807, 2.05) is 29.0 Å². The number of non-ortho nitro benzene ring substituents is 1. The van der Waals surface area contributed by atoms with Gasteiger partial charge in [0.15, 0.2) is 11.5 Å². The van der Waals surface area contributed by atoms with Gasteiger partial charge in [0.2, 0.25) is 5.91 Å². The summed E-state index contributed by atoms with van der Waals surface area (Å²) in [6.07, 6.45) is 1.76. The number of rotatable bonds is 13. The highest BCUT2D eigenvalue weighted by Gasteiger charge is 2.38. The number of nitrogens with zero attached hydrogens (tertiary/aromatic N) is 3. The molecule has 1 N–H and O–H groups in total. The Bertz CT molecular complexity index is 1600. The lowest BCUT2D eigenvalue weighted by Gasteiger charge is -2.30. The molecule has 0 fully saturated rings. The van der Waals surface area contributed by atoms with E-state index in [1.165, 1.54) is 25.3 Å². The van der Waals surface area contributed by atoms with Gasteiger partial charge in [-0.25, -0.2) is 9.59 Å². The third kappa shape index (κ3) is 8.09. The minimum absolute atomic E-state index is 0.0613. The first-order valence-electron chi connectivity index (χ1n) is 15.4. The predicted octanol–water partition coefficient (Wildman–Crippen LogP) is 3.51. The van der Waals surface area contributed by atoms with Gasteiger partial charge in [0.1, 0.15) is 6.61 Å². The molecule has 0 spiro atoms. The van der Waals surface area contributed by atoms with E-state index in [1.54, 1.807) is 34.1 Å². The monoisotopic (exact) mass is 650 g/mol. The van der Waals surface area contributed by atoms with E-state index in [2.05, 4.69) is 5.32 Å². The van der Waals surface area contributed by atoms with Crippen LogP contribution in [0.15, 0.2) is 58.9 Å². The fourth-order valence-corrected chi connectivity index (χ4v) is 6.06. The maximum absolute atomic E-state index is 13.5. The van der Waals surface area contributed by atoms with Gasteiger partial charge in [0, 0.05) is 43.2 Å². The fourth-order valence-electron chi connectivity index (χ4n) is 6.06. The molecule has 13 heteroatoms. The molecule has 2 aliphatic heterocycles. The molecular formula is C34H42N4O9. The van der Waals surface area contributed by atoms with E-state index in [0.717, 1.165) is 24.0 Å². The number of ether oxygens (including phenoxy) is 4. The van der Waals surface area contributed by atoms with Crippen molar-refractivity contribution in [1.29, 1.82) is 0 Å². The van der Waals surface area contributed by atoms with Crippen molar-refractivity contribution in [2.75, 3.05) is 61.2 Å². The number of fused-ring (bicyclic) bond motifs is 1. The molecule has 0 bridgehead atoms. The number of amides is 1. The zero-order valence-electron chi connectivity index (χ0n) is 27.7. The van der Waals surface area contributed by atoms with Gasteiger partial charge in [-0.3, -0.25) is 14.9 Å². The van der Waals surface area contributed by atoms with E-state index in [-0.39, 0.29) is 29.3 Å². The summed E-state index contributed by atoms with van der Waals surface area (Å²) in [5.41, 5.74) is 3.56. The van der Waals surface area contributed by atoms with Crippen molar-refractivity contribution in [3.63, 3.8) is 0 Å². The normalized spacial score (nSPS) is 16.4. The molecule has 1 amide bonds. The molecule has 2 aromatic rings. The van der Waals surface area contributed by atoms with Gasteiger partial charge in [0.25, 0.3) is 5.69 Å². The number of carbonyl (C=O) groups is 3. The maximum Gasteiger partial charge on any atom is 0.336 e. The largest absolute Gasteiger partial charge is 0.493 e. The summed E-state index contributed by atoms with van der Waals surface area (Å²) in [6, 6.07) is 9.67. The summed E-state index contributed by atoms with van der Waals surface area (Å²) in [5.74, 6) is -0.904. The molecule has 2 aliphatic rings. The highest BCUT2D eigenvalue weighted by Crippen LogP contribution is 2.40. The number of nitro benzene ring substituents is 1. The summed E-state index contributed by atoms with van der Waals surface area (Å²) >= 11 is 0. The minimum Gasteiger partial charge on any atom is -0.493 e. The van der Waals surface area contributed by atoms with E-state index < -0.39 is 22.8 Å². The van der Waals surface area contributed by atoms with Crippen LogP contribution in [0.1, 0.15) is 42.9 Å². The van der Waals surface area contributed by atoms with Gasteiger partial charge in [-0.2, -0.15) is 0 Å². The fraction of sp³-hybridized carbons (Fsp3) is 0.441. The second-order valence-electron chi connectivity index (χ2n) is 11.6. The third-order valence-electron chi connectivity index (χ3n) is 8.53. The molecule has 47 heavy (non-hydrogen) atoms. The number of nitrogens with one attached hydrogen (secondary N) is 1. The van der Waals surface area contributed by atoms with Crippen LogP contribution in [-0.2, 0) is 36.7 Å². The Balaban J connectivity index is 1.34. The zero-order valence-corrected chi connectivity index (χ0v) is 27.7. The Morgan fingerprint density at radius 2 is 1.66 bits per heavy atom. The Hall–Kier alpha value is -4.91. The molecule has 4 rings (SSSR count). The second kappa shape index (κ2) is 15.6. The van der Waals surface area contributed by atoms with Crippen molar-refractivity contribution in [2.24, 2.45) is 0 Å². The molecule has 0 radical (unpaired) electrons. The van der Waals surface area contributed by atoms with Crippen LogP contribution in [0.4, 0.5) is 5.69 Å².